The molecule has 0 bridgehead atoms. The summed E-state index contributed by atoms with van der Waals surface area (Å²) in [5.41, 5.74) is 3.85. The minimum atomic E-state index is -0.111. The maximum absolute atomic E-state index is 12.7. The highest BCUT2D eigenvalue weighted by Crippen LogP contribution is 2.37. The number of thiocarbonyl (C=S) groups is 1. The van der Waals surface area contributed by atoms with E-state index in [-0.39, 0.29) is 11.7 Å². The van der Waals surface area contributed by atoms with Crippen LogP contribution in [0.4, 0.5) is 5.69 Å². The Morgan fingerprint density at radius 1 is 1.13 bits per heavy atom. The summed E-state index contributed by atoms with van der Waals surface area (Å²) in [5, 5.41) is 9.33. The molecule has 1 aliphatic heterocycles. The van der Waals surface area contributed by atoms with Crippen molar-refractivity contribution in [2.75, 3.05) is 4.90 Å². The molecule has 1 amide bonds. The molecule has 1 fully saturated rings. The van der Waals surface area contributed by atoms with Gasteiger partial charge in [-0.05, 0) is 49.2 Å². The van der Waals surface area contributed by atoms with E-state index in [2.05, 4.69) is 0 Å². The first kappa shape index (κ1) is 15.8. The van der Waals surface area contributed by atoms with Gasteiger partial charge in [0.1, 0.15) is 5.75 Å². The van der Waals surface area contributed by atoms with Crippen LogP contribution in [0.3, 0.4) is 0 Å². The van der Waals surface area contributed by atoms with Crippen LogP contribution in [0.1, 0.15) is 16.7 Å². The van der Waals surface area contributed by atoms with Crippen molar-refractivity contribution in [3.63, 3.8) is 0 Å². The van der Waals surface area contributed by atoms with Crippen LogP contribution in [0, 0.1) is 13.8 Å². The van der Waals surface area contributed by atoms with Gasteiger partial charge in [-0.1, -0.05) is 53.8 Å². The molecule has 1 aliphatic rings. The van der Waals surface area contributed by atoms with Crippen LogP contribution in [0.25, 0.3) is 6.08 Å². The first-order chi connectivity index (χ1) is 11.0. The summed E-state index contributed by atoms with van der Waals surface area (Å²) in [5.74, 6) is 0.0880. The molecule has 1 heterocycles. The van der Waals surface area contributed by atoms with Crippen LogP contribution in [-0.2, 0) is 4.79 Å². The van der Waals surface area contributed by atoms with Gasteiger partial charge in [-0.2, -0.15) is 0 Å². The average molecular weight is 341 g/mol. The average Bonchev–Trinajstić information content (AvgIpc) is 2.77. The zero-order valence-corrected chi connectivity index (χ0v) is 14.4. The second-order valence-corrected chi connectivity index (χ2v) is 7.07. The van der Waals surface area contributed by atoms with Crippen molar-refractivity contribution in [3.05, 3.63) is 64.1 Å². The summed E-state index contributed by atoms with van der Waals surface area (Å²) in [6.45, 7) is 4.00. The van der Waals surface area contributed by atoms with Gasteiger partial charge in [0, 0.05) is 0 Å². The summed E-state index contributed by atoms with van der Waals surface area (Å²) in [4.78, 5) is 14.9. The number of phenols is 1. The quantitative estimate of drug-likeness (QED) is 0.649. The van der Waals surface area contributed by atoms with Crippen molar-refractivity contribution in [3.8, 4) is 5.75 Å². The van der Waals surface area contributed by atoms with Gasteiger partial charge in [0.05, 0.1) is 10.6 Å². The SMILES string of the molecule is Cc1ccc(N2C(=O)/C(=C/c3ccc(O)cc3)SC2=S)c(C)c1. The number of carbonyl (C=O) groups excluding carboxylic acids is 1. The summed E-state index contributed by atoms with van der Waals surface area (Å²) in [6.07, 6.45) is 1.79. The van der Waals surface area contributed by atoms with Crippen molar-refractivity contribution in [2.45, 2.75) is 13.8 Å². The highest BCUT2D eigenvalue weighted by Gasteiger charge is 2.33. The number of amides is 1. The zero-order chi connectivity index (χ0) is 16.6. The van der Waals surface area contributed by atoms with Crippen LogP contribution in [0.5, 0.6) is 5.75 Å². The van der Waals surface area contributed by atoms with Crippen molar-refractivity contribution < 1.29 is 9.90 Å². The maximum atomic E-state index is 12.7. The molecule has 0 saturated carbocycles. The van der Waals surface area contributed by atoms with Gasteiger partial charge in [-0.15, -0.1) is 0 Å². The van der Waals surface area contributed by atoms with Crippen LogP contribution < -0.4 is 4.90 Å². The highest BCUT2D eigenvalue weighted by atomic mass is 32.2. The molecule has 3 nitrogen and oxygen atoms in total. The third-order valence-corrected chi connectivity index (χ3v) is 4.88. The number of phenolic OH excluding ortho intramolecular Hbond substituents is 1. The van der Waals surface area contributed by atoms with Crippen molar-refractivity contribution >= 4 is 46.0 Å². The van der Waals surface area contributed by atoms with Crippen LogP contribution in [0.2, 0.25) is 0 Å². The lowest BCUT2D eigenvalue weighted by atomic mass is 10.1. The monoisotopic (exact) mass is 341 g/mol. The number of hydrogen-bond donors (Lipinski definition) is 1. The van der Waals surface area contributed by atoms with E-state index in [0.29, 0.717) is 9.23 Å². The molecule has 2 aromatic carbocycles. The molecule has 0 radical (unpaired) electrons. The Balaban J connectivity index is 1.95. The van der Waals surface area contributed by atoms with Crippen molar-refractivity contribution in [1.82, 2.24) is 0 Å². The lowest BCUT2D eigenvalue weighted by molar-refractivity contribution is -0.113. The van der Waals surface area contributed by atoms with Crippen molar-refractivity contribution in [1.29, 1.82) is 0 Å². The van der Waals surface area contributed by atoms with Crippen LogP contribution in [-0.4, -0.2) is 15.3 Å². The zero-order valence-electron chi connectivity index (χ0n) is 12.7. The first-order valence-corrected chi connectivity index (χ1v) is 8.32. The molecule has 2 aromatic rings. The molecular weight excluding hydrogens is 326 g/mol. The van der Waals surface area contributed by atoms with Gasteiger partial charge in [0.15, 0.2) is 4.32 Å². The van der Waals surface area contributed by atoms with E-state index in [0.717, 1.165) is 22.4 Å². The van der Waals surface area contributed by atoms with Crippen LogP contribution >= 0.6 is 24.0 Å². The molecule has 0 aromatic heterocycles. The summed E-state index contributed by atoms with van der Waals surface area (Å²) in [7, 11) is 0. The fourth-order valence-corrected chi connectivity index (χ4v) is 3.74. The highest BCUT2D eigenvalue weighted by molar-refractivity contribution is 8.27. The Labute approximate surface area is 144 Å². The molecular formula is C18H15NO2S2. The van der Waals surface area contributed by atoms with E-state index in [9.17, 15) is 9.90 Å². The normalized spacial score (nSPS) is 16.4. The van der Waals surface area contributed by atoms with E-state index in [1.807, 2.05) is 32.0 Å². The number of hydrogen-bond acceptors (Lipinski definition) is 4. The van der Waals surface area contributed by atoms with E-state index >= 15 is 0 Å². The summed E-state index contributed by atoms with van der Waals surface area (Å²) in [6, 6.07) is 12.7. The molecule has 0 spiro atoms. The maximum Gasteiger partial charge on any atom is 0.270 e. The Kier molecular flexibility index (Phi) is 4.24. The van der Waals surface area contributed by atoms with E-state index in [1.165, 1.54) is 11.8 Å². The molecule has 23 heavy (non-hydrogen) atoms. The number of nitrogens with zero attached hydrogens (tertiary/aromatic N) is 1. The molecule has 0 unspecified atom stereocenters. The van der Waals surface area contributed by atoms with Gasteiger partial charge in [0.25, 0.3) is 5.91 Å². The number of benzene rings is 2. The lowest BCUT2D eigenvalue weighted by Gasteiger charge is -2.17. The first-order valence-electron chi connectivity index (χ1n) is 7.10. The summed E-state index contributed by atoms with van der Waals surface area (Å²) >= 11 is 6.69. The summed E-state index contributed by atoms with van der Waals surface area (Å²) < 4.78 is 0.534. The smallest absolute Gasteiger partial charge is 0.270 e. The van der Waals surface area contributed by atoms with E-state index < -0.39 is 0 Å². The fourth-order valence-electron chi connectivity index (χ4n) is 2.45. The molecule has 1 saturated heterocycles. The number of carbonyl (C=O) groups is 1. The van der Waals surface area contributed by atoms with Gasteiger partial charge in [0.2, 0.25) is 0 Å². The predicted octanol–water partition coefficient (Wildman–Crippen LogP) is 4.41. The van der Waals surface area contributed by atoms with Gasteiger partial charge >= 0.3 is 0 Å². The molecule has 116 valence electrons. The van der Waals surface area contributed by atoms with E-state index in [1.54, 1.807) is 35.2 Å². The Morgan fingerprint density at radius 3 is 2.48 bits per heavy atom. The third kappa shape index (κ3) is 3.16. The number of rotatable bonds is 2. The number of aromatic hydroxyl groups is 1. The Bertz CT molecular complexity index is 825. The van der Waals surface area contributed by atoms with Gasteiger partial charge in [-0.3, -0.25) is 9.69 Å². The number of anilines is 1. The third-order valence-electron chi connectivity index (χ3n) is 3.58. The molecule has 0 atom stereocenters. The second kappa shape index (κ2) is 6.18. The molecule has 0 aliphatic carbocycles. The Morgan fingerprint density at radius 2 is 1.83 bits per heavy atom. The second-order valence-electron chi connectivity index (χ2n) is 5.40. The van der Waals surface area contributed by atoms with Crippen LogP contribution in [0.15, 0.2) is 47.4 Å². The van der Waals surface area contributed by atoms with E-state index in [4.69, 9.17) is 12.2 Å². The number of aryl methyl sites for hydroxylation is 2. The Hall–Kier alpha value is -2.11. The minimum Gasteiger partial charge on any atom is -0.508 e. The largest absolute Gasteiger partial charge is 0.508 e. The molecule has 5 heteroatoms. The fraction of sp³-hybridized carbons (Fsp3) is 0.111. The van der Waals surface area contributed by atoms with Crippen molar-refractivity contribution in [2.24, 2.45) is 0 Å². The van der Waals surface area contributed by atoms with Gasteiger partial charge < -0.3 is 5.11 Å². The number of thioether (sulfide) groups is 1. The lowest BCUT2D eigenvalue weighted by Crippen LogP contribution is -2.28. The predicted molar refractivity (Wildman–Crippen MR) is 99.7 cm³/mol. The molecule has 1 N–H and O–H groups in total. The molecule has 3 rings (SSSR count). The topological polar surface area (TPSA) is 40.5 Å². The standard InChI is InChI=1S/C18H15NO2S2/c1-11-3-8-15(12(2)9-11)19-17(21)16(23-18(19)22)10-13-4-6-14(20)7-5-13/h3-10,20H,1-2H3/b16-10-. The minimum absolute atomic E-state index is 0.111. The van der Waals surface area contributed by atoms with Gasteiger partial charge in [-0.25, -0.2) is 0 Å².